The maximum Gasteiger partial charge on any atom is 0.181 e. The monoisotopic (exact) mass is 268 g/mol. The second-order valence-corrected chi connectivity index (χ2v) is 4.79. The zero-order valence-corrected chi connectivity index (χ0v) is 11.2. The summed E-state index contributed by atoms with van der Waals surface area (Å²) in [6, 6.07) is 10.3. The molecule has 3 aromatic rings. The summed E-state index contributed by atoms with van der Waals surface area (Å²) in [6.45, 7) is 0. The molecule has 0 spiro atoms. The van der Waals surface area contributed by atoms with Crippen LogP contribution in [0.3, 0.4) is 0 Å². The van der Waals surface area contributed by atoms with Gasteiger partial charge in [0.1, 0.15) is 11.8 Å². The minimum absolute atomic E-state index is 0.690. The van der Waals surface area contributed by atoms with E-state index in [1.807, 2.05) is 18.2 Å². The van der Waals surface area contributed by atoms with E-state index in [1.54, 1.807) is 18.1 Å². The Morgan fingerprint density at radius 1 is 1.16 bits per heavy atom. The van der Waals surface area contributed by atoms with Gasteiger partial charge in [0, 0.05) is 4.91 Å². The summed E-state index contributed by atoms with van der Waals surface area (Å²) in [6.07, 6.45) is 7.29. The summed E-state index contributed by atoms with van der Waals surface area (Å²) in [7, 11) is 0. The number of aromatic amines is 1. The third kappa shape index (κ3) is 2.37. The predicted molar refractivity (Wildman–Crippen MR) is 79.5 cm³/mol. The molecule has 19 heavy (non-hydrogen) atoms. The van der Waals surface area contributed by atoms with Crippen molar-refractivity contribution in [1.29, 1.82) is 0 Å². The number of rotatable bonds is 3. The topological polar surface area (TPSA) is 54.5 Å². The summed E-state index contributed by atoms with van der Waals surface area (Å²) in [5, 5.41) is 0. The SMILES string of the molecule is CS/C(=C/c1ncnc2nc[nH]c12)c1ccccc1. The van der Waals surface area contributed by atoms with Crippen molar-refractivity contribution in [2.45, 2.75) is 0 Å². The van der Waals surface area contributed by atoms with Crippen LogP contribution < -0.4 is 0 Å². The smallest absolute Gasteiger partial charge is 0.181 e. The van der Waals surface area contributed by atoms with E-state index in [9.17, 15) is 0 Å². The molecule has 0 radical (unpaired) electrons. The molecule has 1 N–H and O–H groups in total. The van der Waals surface area contributed by atoms with Crippen molar-refractivity contribution in [3.63, 3.8) is 0 Å². The third-order valence-corrected chi connectivity index (χ3v) is 3.59. The first kappa shape index (κ1) is 11.9. The zero-order chi connectivity index (χ0) is 13.1. The Morgan fingerprint density at radius 2 is 2.00 bits per heavy atom. The van der Waals surface area contributed by atoms with E-state index in [1.165, 1.54) is 11.9 Å². The van der Waals surface area contributed by atoms with Crippen LogP contribution in [0, 0.1) is 0 Å². The minimum atomic E-state index is 0.690. The van der Waals surface area contributed by atoms with E-state index in [0.717, 1.165) is 16.1 Å². The first-order valence-electron chi connectivity index (χ1n) is 5.83. The second kappa shape index (κ2) is 5.24. The average Bonchev–Trinajstić information content (AvgIpc) is 2.95. The summed E-state index contributed by atoms with van der Waals surface area (Å²) < 4.78 is 0. The molecule has 0 aliphatic carbocycles. The number of nitrogens with zero attached hydrogens (tertiary/aromatic N) is 3. The fourth-order valence-electron chi connectivity index (χ4n) is 1.88. The van der Waals surface area contributed by atoms with Crippen molar-refractivity contribution in [3.8, 4) is 0 Å². The molecular weight excluding hydrogens is 256 g/mol. The van der Waals surface area contributed by atoms with Crippen molar-refractivity contribution in [3.05, 3.63) is 54.2 Å². The van der Waals surface area contributed by atoms with Crippen LogP contribution in [0.4, 0.5) is 0 Å². The first-order valence-corrected chi connectivity index (χ1v) is 7.06. The van der Waals surface area contributed by atoms with Crippen molar-refractivity contribution in [2.75, 3.05) is 6.26 Å². The molecule has 0 atom stereocenters. The van der Waals surface area contributed by atoms with Crippen LogP contribution in [-0.4, -0.2) is 26.2 Å². The predicted octanol–water partition coefficient (Wildman–Crippen LogP) is 3.21. The molecule has 0 saturated heterocycles. The van der Waals surface area contributed by atoms with E-state index in [4.69, 9.17) is 0 Å². The number of nitrogens with one attached hydrogen (secondary N) is 1. The molecule has 4 nitrogen and oxygen atoms in total. The lowest BCUT2D eigenvalue weighted by atomic mass is 10.2. The number of hydrogen-bond donors (Lipinski definition) is 1. The van der Waals surface area contributed by atoms with Crippen LogP contribution in [0.25, 0.3) is 22.1 Å². The van der Waals surface area contributed by atoms with Gasteiger partial charge in [-0.1, -0.05) is 30.3 Å². The highest BCUT2D eigenvalue weighted by molar-refractivity contribution is 8.07. The van der Waals surface area contributed by atoms with Crippen molar-refractivity contribution in [1.82, 2.24) is 19.9 Å². The van der Waals surface area contributed by atoms with Crippen LogP contribution in [0.5, 0.6) is 0 Å². The first-order chi connectivity index (χ1) is 9.38. The highest BCUT2D eigenvalue weighted by Gasteiger charge is 2.06. The lowest BCUT2D eigenvalue weighted by Crippen LogP contribution is -1.88. The molecule has 5 heteroatoms. The Morgan fingerprint density at radius 3 is 2.79 bits per heavy atom. The average molecular weight is 268 g/mol. The minimum Gasteiger partial charge on any atom is -0.341 e. The molecule has 0 amide bonds. The summed E-state index contributed by atoms with van der Waals surface area (Å²) in [4.78, 5) is 16.8. The lowest BCUT2D eigenvalue weighted by molar-refractivity contribution is 1.18. The maximum atomic E-state index is 4.32. The van der Waals surface area contributed by atoms with E-state index in [2.05, 4.69) is 44.4 Å². The van der Waals surface area contributed by atoms with Gasteiger partial charge in [-0.25, -0.2) is 15.0 Å². The molecule has 1 aromatic carbocycles. The van der Waals surface area contributed by atoms with Crippen molar-refractivity contribution >= 4 is 33.9 Å². The molecule has 94 valence electrons. The number of H-pyrrole nitrogens is 1. The van der Waals surface area contributed by atoms with Gasteiger partial charge in [-0.05, 0) is 17.9 Å². The van der Waals surface area contributed by atoms with E-state index in [0.29, 0.717) is 5.65 Å². The van der Waals surface area contributed by atoms with Gasteiger partial charge >= 0.3 is 0 Å². The van der Waals surface area contributed by atoms with Crippen LogP contribution >= 0.6 is 11.8 Å². The van der Waals surface area contributed by atoms with Crippen molar-refractivity contribution < 1.29 is 0 Å². The summed E-state index contributed by atoms with van der Waals surface area (Å²) in [5.41, 5.74) is 3.59. The number of fused-ring (bicyclic) bond motifs is 1. The summed E-state index contributed by atoms with van der Waals surface area (Å²) >= 11 is 1.70. The number of imidazole rings is 1. The van der Waals surface area contributed by atoms with Crippen LogP contribution in [-0.2, 0) is 0 Å². The standard InChI is InChI=1S/C14H12N4S/c1-19-12(10-5-3-2-4-6-10)7-11-13-14(17-8-15-11)18-9-16-13/h2-9H,1H3,(H,15,16,17,18)/b12-7+. The van der Waals surface area contributed by atoms with Gasteiger partial charge < -0.3 is 4.98 Å². The van der Waals surface area contributed by atoms with Gasteiger partial charge in [-0.3, -0.25) is 0 Å². The van der Waals surface area contributed by atoms with E-state index < -0.39 is 0 Å². The fourth-order valence-corrected chi connectivity index (χ4v) is 2.48. The maximum absolute atomic E-state index is 4.32. The molecule has 0 aliphatic rings. The largest absolute Gasteiger partial charge is 0.341 e. The Balaban J connectivity index is 2.11. The van der Waals surface area contributed by atoms with Gasteiger partial charge in [0.2, 0.25) is 0 Å². The Labute approximate surface area is 115 Å². The molecular formula is C14H12N4S. The summed E-state index contributed by atoms with van der Waals surface area (Å²) in [5.74, 6) is 0. The lowest BCUT2D eigenvalue weighted by Gasteiger charge is -2.04. The second-order valence-electron chi connectivity index (χ2n) is 3.94. The Bertz CT molecular complexity index is 718. The normalized spacial score (nSPS) is 11.9. The van der Waals surface area contributed by atoms with Gasteiger partial charge in [0.25, 0.3) is 0 Å². The van der Waals surface area contributed by atoms with Gasteiger partial charge in [-0.2, -0.15) is 0 Å². The number of benzene rings is 1. The number of aromatic nitrogens is 4. The van der Waals surface area contributed by atoms with Gasteiger partial charge in [-0.15, -0.1) is 11.8 Å². The molecule has 0 aliphatic heterocycles. The number of hydrogen-bond acceptors (Lipinski definition) is 4. The molecule has 2 aromatic heterocycles. The Kier molecular flexibility index (Phi) is 3.29. The molecule has 2 heterocycles. The Hall–Kier alpha value is -2.14. The third-order valence-electron chi connectivity index (χ3n) is 2.80. The van der Waals surface area contributed by atoms with Crippen LogP contribution in [0.2, 0.25) is 0 Å². The fraction of sp³-hybridized carbons (Fsp3) is 0.0714. The molecule has 3 rings (SSSR count). The van der Waals surface area contributed by atoms with E-state index in [-0.39, 0.29) is 0 Å². The highest BCUT2D eigenvalue weighted by atomic mass is 32.2. The molecule has 0 unspecified atom stereocenters. The van der Waals surface area contributed by atoms with Crippen LogP contribution in [0.15, 0.2) is 43.0 Å². The van der Waals surface area contributed by atoms with Crippen LogP contribution in [0.1, 0.15) is 11.3 Å². The molecule has 0 fully saturated rings. The van der Waals surface area contributed by atoms with E-state index >= 15 is 0 Å². The quantitative estimate of drug-likeness (QED) is 0.792. The molecule has 0 saturated carbocycles. The van der Waals surface area contributed by atoms with Crippen molar-refractivity contribution in [2.24, 2.45) is 0 Å². The highest BCUT2D eigenvalue weighted by Crippen LogP contribution is 2.28. The number of thioether (sulfide) groups is 1. The van der Waals surface area contributed by atoms with Gasteiger partial charge in [0.15, 0.2) is 5.65 Å². The zero-order valence-electron chi connectivity index (χ0n) is 10.4. The van der Waals surface area contributed by atoms with Gasteiger partial charge in [0.05, 0.1) is 12.0 Å². The molecule has 0 bridgehead atoms.